The fraction of sp³-hybridized carbons (Fsp3) is 0.696. The predicted octanol–water partition coefficient (Wildman–Crippen LogP) is 6.04. The number of phenols is 1. The summed E-state index contributed by atoms with van der Waals surface area (Å²) in [7, 11) is 0. The molecule has 0 saturated heterocycles. The number of esters is 1. The smallest absolute Gasteiger partial charge is 0.306 e. The van der Waals surface area contributed by atoms with E-state index in [0.29, 0.717) is 25.2 Å². The SMILES string of the molecule is CCCCCCOC(=O)CCc1cc(C(C)(C)C)c(O)c(C(C)(C)C)c1. The van der Waals surface area contributed by atoms with Crippen LogP contribution in [0, 0.1) is 0 Å². The lowest BCUT2D eigenvalue weighted by atomic mass is 9.78. The molecule has 0 fully saturated rings. The molecule has 3 heteroatoms. The van der Waals surface area contributed by atoms with Gasteiger partial charge < -0.3 is 9.84 Å². The van der Waals surface area contributed by atoms with E-state index < -0.39 is 0 Å². The highest BCUT2D eigenvalue weighted by molar-refractivity contribution is 5.69. The lowest BCUT2D eigenvalue weighted by molar-refractivity contribution is -0.143. The van der Waals surface area contributed by atoms with Crippen molar-refractivity contribution in [2.45, 2.75) is 97.8 Å². The van der Waals surface area contributed by atoms with Gasteiger partial charge in [0.05, 0.1) is 6.61 Å². The van der Waals surface area contributed by atoms with E-state index in [4.69, 9.17) is 4.74 Å². The van der Waals surface area contributed by atoms with Crippen molar-refractivity contribution >= 4 is 5.97 Å². The lowest BCUT2D eigenvalue weighted by Crippen LogP contribution is -2.18. The van der Waals surface area contributed by atoms with Crippen molar-refractivity contribution in [3.63, 3.8) is 0 Å². The Balaban J connectivity index is 2.82. The molecule has 0 heterocycles. The van der Waals surface area contributed by atoms with E-state index in [9.17, 15) is 9.90 Å². The van der Waals surface area contributed by atoms with E-state index in [-0.39, 0.29) is 16.8 Å². The summed E-state index contributed by atoms with van der Waals surface area (Å²) in [5.74, 6) is 0.247. The molecule has 0 aliphatic heterocycles. The molecule has 0 aromatic heterocycles. The third-order valence-corrected chi connectivity index (χ3v) is 4.66. The van der Waals surface area contributed by atoms with Crippen LogP contribution in [0.2, 0.25) is 0 Å². The standard InChI is InChI=1S/C23H38O3/c1-8-9-10-11-14-26-20(24)13-12-17-15-18(22(2,3)4)21(25)19(16-17)23(5,6)7/h15-16,25H,8-14H2,1-7H3. The Morgan fingerprint density at radius 1 is 0.962 bits per heavy atom. The van der Waals surface area contributed by atoms with E-state index in [2.05, 4.69) is 48.5 Å². The molecule has 1 aromatic rings. The highest BCUT2D eigenvalue weighted by Gasteiger charge is 2.26. The van der Waals surface area contributed by atoms with Crippen LogP contribution >= 0.6 is 0 Å². The van der Waals surface area contributed by atoms with Gasteiger partial charge in [0.1, 0.15) is 5.75 Å². The topological polar surface area (TPSA) is 46.5 Å². The summed E-state index contributed by atoms with van der Waals surface area (Å²) in [6.07, 6.45) is 5.45. The lowest BCUT2D eigenvalue weighted by Gasteiger charge is -2.28. The van der Waals surface area contributed by atoms with E-state index in [0.717, 1.165) is 29.5 Å². The van der Waals surface area contributed by atoms with Gasteiger partial charge in [0.15, 0.2) is 0 Å². The quantitative estimate of drug-likeness (QED) is 0.453. The first-order chi connectivity index (χ1) is 12.0. The normalized spacial score (nSPS) is 12.3. The number of carbonyl (C=O) groups is 1. The molecule has 3 nitrogen and oxygen atoms in total. The van der Waals surface area contributed by atoms with Crippen molar-refractivity contribution in [2.75, 3.05) is 6.61 Å². The fourth-order valence-corrected chi connectivity index (χ4v) is 3.02. The molecule has 0 bridgehead atoms. The minimum Gasteiger partial charge on any atom is -0.507 e. The number of hydrogen-bond donors (Lipinski definition) is 1. The van der Waals surface area contributed by atoms with Crippen molar-refractivity contribution in [2.24, 2.45) is 0 Å². The van der Waals surface area contributed by atoms with E-state index in [1.807, 2.05) is 12.1 Å². The zero-order valence-corrected chi connectivity index (χ0v) is 17.9. The zero-order valence-electron chi connectivity index (χ0n) is 17.9. The van der Waals surface area contributed by atoms with E-state index in [1.165, 1.54) is 12.8 Å². The van der Waals surface area contributed by atoms with Gasteiger partial charge in [-0.3, -0.25) is 4.79 Å². The molecule has 0 radical (unpaired) electrons. The minimum absolute atomic E-state index is 0.135. The summed E-state index contributed by atoms with van der Waals surface area (Å²) in [6, 6.07) is 4.08. The number of aromatic hydroxyl groups is 1. The van der Waals surface area contributed by atoms with Crippen LogP contribution in [0.25, 0.3) is 0 Å². The van der Waals surface area contributed by atoms with Crippen LogP contribution in [0.3, 0.4) is 0 Å². The molecule has 0 saturated carbocycles. The first-order valence-corrected chi connectivity index (χ1v) is 9.99. The molecular formula is C23H38O3. The molecule has 1 rings (SSSR count). The molecule has 0 spiro atoms. The molecule has 0 atom stereocenters. The number of rotatable bonds is 8. The Kier molecular flexibility index (Phi) is 8.17. The number of hydrogen-bond acceptors (Lipinski definition) is 3. The van der Waals surface area contributed by atoms with Gasteiger partial charge >= 0.3 is 5.97 Å². The van der Waals surface area contributed by atoms with Crippen LogP contribution in [0.5, 0.6) is 5.75 Å². The molecule has 1 N–H and O–H groups in total. The van der Waals surface area contributed by atoms with Gasteiger partial charge in [-0.15, -0.1) is 0 Å². The van der Waals surface area contributed by atoms with Crippen LogP contribution < -0.4 is 0 Å². The predicted molar refractivity (Wildman–Crippen MR) is 109 cm³/mol. The molecule has 26 heavy (non-hydrogen) atoms. The van der Waals surface area contributed by atoms with E-state index >= 15 is 0 Å². The molecule has 0 aliphatic rings. The summed E-state index contributed by atoms with van der Waals surface area (Å²) in [5.41, 5.74) is 2.65. The Labute approximate surface area is 160 Å². The van der Waals surface area contributed by atoms with Gasteiger partial charge in [0.25, 0.3) is 0 Å². The summed E-state index contributed by atoms with van der Waals surface area (Å²) in [5, 5.41) is 10.8. The highest BCUT2D eigenvalue weighted by atomic mass is 16.5. The molecular weight excluding hydrogens is 324 g/mol. The minimum atomic E-state index is -0.153. The molecule has 1 aromatic carbocycles. The van der Waals surface area contributed by atoms with Gasteiger partial charge in [-0.1, -0.05) is 79.9 Å². The van der Waals surface area contributed by atoms with Gasteiger partial charge in [-0.25, -0.2) is 0 Å². The first kappa shape index (κ1) is 22.5. The van der Waals surface area contributed by atoms with Crippen molar-refractivity contribution < 1.29 is 14.6 Å². The van der Waals surface area contributed by atoms with E-state index in [1.54, 1.807) is 0 Å². The Morgan fingerprint density at radius 3 is 1.96 bits per heavy atom. The number of carbonyl (C=O) groups excluding carboxylic acids is 1. The molecule has 148 valence electrons. The average molecular weight is 363 g/mol. The third-order valence-electron chi connectivity index (χ3n) is 4.66. The van der Waals surface area contributed by atoms with Gasteiger partial charge in [0, 0.05) is 6.42 Å². The molecule has 0 amide bonds. The number of ether oxygens (including phenoxy) is 1. The maximum absolute atomic E-state index is 12.0. The summed E-state index contributed by atoms with van der Waals surface area (Å²) in [6.45, 7) is 15.3. The second-order valence-electron chi connectivity index (χ2n) is 9.32. The Morgan fingerprint density at radius 2 is 1.50 bits per heavy atom. The second-order valence-corrected chi connectivity index (χ2v) is 9.32. The van der Waals surface area contributed by atoms with Crippen LogP contribution in [-0.2, 0) is 26.8 Å². The summed E-state index contributed by atoms with van der Waals surface area (Å²) < 4.78 is 5.34. The number of unbranched alkanes of at least 4 members (excludes halogenated alkanes) is 3. The Hall–Kier alpha value is -1.51. The maximum Gasteiger partial charge on any atom is 0.306 e. The van der Waals surface area contributed by atoms with Gasteiger partial charge in [0.2, 0.25) is 0 Å². The van der Waals surface area contributed by atoms with Crippen LogP contribution in [-0.4, -0.2) is 17.7 Å². The maximum atomic E-state index is 12.0. The van der Waals surface area contributed by atoms with Gasteiger partial charge in [-0.2, -0.15) is 0 Å². The fourth-order valence-electron chi connectivity index (χ4n) is 3.02. The summed E-state index contributed by atoms with van der Waals surface area (Å²) >= 11 is 0. The molecule has 0 aliphatic carbocycles. The third kappa shape index (κ3) is 7.01. The number of aryl methyl sites for hydroxylation is 1. The number of benzene rings is 1. The van der Waals surface area contributed by atoms with Crippen molar-refractivity contribution in [1.82, 2.24) is 0 Å². The second kappa shape index (κ2) is 9.43. The Bertz CT molecular complexity index is 553. The number of phenolic OH excluding ortho intramolecular Hbond substituents is 1. The van der Waals surface area contributed by atoms with Crippen LogP contribution in [0.1, 0.15) is 97.3 Å². The van der Waals surface area contributed by atoms with Crippen LogP contribution in [0.4, 0.5) is 0 Å². The van der Waals surface area contributed by atoms with Crippen molar-refractivity contribution in [3.05, 3.63) is 28.8 Å². The van der Waals surface area contributed by atoms with Gasteiger partial charge in [-0.05, 0) is 40.4 Å². The van der Waals surface area contributed by atoms with Crippen molar-refractivity contribution in [3.8, 4) is 5.75 Å². The highest BCUT2D eigenvalue weighted by Crippen LogP contribution is 2.39. The summed E-state index contributed by atoms with van der Waals surface area (Å²) in [4.78, 5) is 12.0. The van der Waals surface area contributed by atoms with Crippen molar-refractivity contribution in [1.29, 1.82) is 0 Å². The average Bonchev–Trinajstić information content (AvgIpc) is 2.51. The van der Waals surface area contributed by atoms with Crippen LogP contribution in [0.15, 0.2) is 12.1 Å². The molecule has 0 unspecified atom stereocenters. The monoisotopic (exact) mass is 362 g/mol. The first-order valence-electron chi connectivity index (χ1n) is 9.99. The zero-order chi connectivity index (χ0) is 20.0. The largest absolute Gasteiger partial charge is 0.507 e.